The smallest absolute Gasteiger partial charge is 0.303 e. The van der Waals surface area contributed by atoms with Gasteiger partial charge in [-0.25, -0.2) is 9.48 Å². The van der Waals surface area contributed by atoms with E-state index in [0.29, 0.717) is 30.2 Å². The summed E-state index contributed by atoms with van der Waals surface area (Å²) in [5.74, 6) is 0.744. The molecule has 0 unspecified atom stereocenters. The zero-order valence-corrected chi connectivity index (χ0v) is 15.6. The van der Waals surface area contributed by atoms with E-state index in [4.69, 9.17) is 0 Å². The molecule has 0 spiro atoms. The van der Waals surface area contributed by atoms with Gasteiger partial charge in [0.1, 0.15) is 0 Å². The second-order valence-corrected chi connectivity index (χ2v) is 6.82. The Morgan fingerprint density at radius 1 is 1.16 bits per heavy atom. The Hall–Kier alpha value is -2.64. The summed E-state index contributed by atoms with van der Waals surface area (Å²) in [7, 11) is 1.65. The van der Waals surface area contributed by atoms with E-state index in [0.717, 1.165) is 11.4 Å². The second kappa shape index (κ2) is 6.02. The summed E-state index contributed by atoms with van der Waals surface area (Å²) in [6, 6.07) is 1.95. The van der Waals surface area contributed by atoms with Crippen LogP contribution in [-0.4, -0.2) is 28.5 Å². The first-order valence-corrected chi connectivity index (χ1v) is 8.49. The molecule has 25 heavy (non-hydrogen) atoms. The molecule has 0 saturated heterocycles. The summed E-state index contributed by atoms with van der Waals surface area (Å²) >= 11 is 0. The van der Waals surface area contributed by atoms with Crippen LogP contribution in [0.5, 0.6) is 0 Å². The maximum absolute atomic E-state index is 13.0. The molecule has 0 aliphatic carbocycles. The first-order valence-electron chi connectivity index (χ1n) is 8.49. The number of fused-ring (bicyclic) bond motifs is 1. The lowest BCUT2D eigenvalue weighted by Gasteiger charge is -2.11. The summed E-state index contributed by atoms with van der Waals surface area (Å²) < 4.78 is 6.29. The van der Waals surface area contributed by atoms with Gasteiger partial charge in [-0.15, -0.1) is 0 Å². The molecule has 3 heterocycles. The second-order valence-electron chi connectivity index (χ2n) is 6.82. The van der Waals surface area contributed by atoms with Crippen molar-refractivity contribution in [3.63, 3.8) is 0 Å². The van der Waals surface area contributed by atoms with Gasteiger partial charge in [0.05, 0.1) is 5.69 Å². The van der Waals surface area contributed by atoms with Crippen LogP contribution in [0.4, 0.5) is 0 Å². The molecule has 0 radical (unpaired) electrons. The zero-order chi connectivity index (χ0) is 18.5. The molecule has 0 aromatic carbocycles. The van der Waals surface area contributed by atoms with Crippen molar-refractivity contribution in [2.75, 3.05) is 0 Å². The molecule has 3 rings (SSSR count). The number of nitrogens with zero attached hydrogens (tertiary/aromatic N) is 6. The predicted molar refractivity (Wildman–Crippen MR) is 96.3 cm³/mol. The van der Waals surface area contributed by atoms with Crippen molar-refractivity contribution >= 4 is 11.2 Å². The van der Waals surface area contributed by atoms with Crippen molar-refractivity contribution < 1.29 is 0 Å². The van der Waals surface area contributed by atoms with Crippen LogP contribution in [0.15, 0.2) is 15.7 Å². The number of aryl methyl sites for hydroxylation is 4. The summed E-state index contributed by atoms with van der Waals surface area (Å²) in [6.45, 7) is 10.7. The van der Waals surface area contributed by atoms with E-state index in [1.165, 1.54) is 9.13 Å². The highest BCUT2D eigenvalue weighted by Gasteiger charge is 2.21. The SMILES string of the molecule is CCn1c(-n2nc(C)cc2C)nc2c1c(=O)n(CC(C)C)c(=O)n2C. The molecule has 0 bridgehead atoms. The van der Waals surface area contributed by atoms with E-state index < -0.39 is 0 Å². The molecular weight excluding hydrogens is 320 g/mol. The van der Waals surface area contributed by atoms with Gasteiger partial charge in [0.2, 0.25) is 5.95 Å². The monoisotopic (exact) mass is 344 g/mol. The molecule has 0 aliphatic rings. The van der Waals surface area contributed by atoms with Crippen molar-refractivity contribution in [3.8, 4) is 5.95 Å². The third kappa shape index (κ3) is 2.61. The quantitative estimate of drug-likeness (QED) is 0.716. The van der Waals surface area contributed by atoms with E-state index in [1.54, 1.807) is 11.7 Å². The van der Waals surface area contributed by atoms with Gasteiger partial charge in [-0.1, -0.05) is 13.8 Å². The fourth-order valence-electron chi connectivity index (χ4n) is 3.18. The number of aromatic nitrogens is 6. The van der Waals surface area contributed by atoms with Crippen LogP contribution in [0.25, 0.3) is 17.1 Å². The van der Waals surface area contributed by atoms with E-state index in [9.17, 15) is 9.59 Å². The predicted octanol–water partition coefficient (Wildman–Crippen LogP) is 1.38. The van der Waals surface area contributed by atoms with Crippen molar-refractivity contribution in [3.05, 3.63) is 38.3 Å². The Morgan fingerprint density at radius 2 is 1.84 bits per heavy atom. The van der Waals surface area contributed by atoms with E-state index in [1.807, 2.05) is 45.3 Å². The Bertz CT molecular complexity index is 1060. The summed E-state index contributed by atoms with van der Waals surface area (Å²) in [5.41, 5.74) is 1.99. The van der Waals surface area contributed by atoms with Crippen molar-refractivity contribution in [1.82, 2.24) is 28.5 Å². The number of hydrogen-bond acceptors (Lipinski definition) is 4. The van der Waals surface area contributed by atoms with Crippen molar-refractivity contribution in [2.24, 2.45) is 13.0 Å². The highest BCUT2D eigenvalue weighted by molar-refractivity contribution is 5.72. The largest absolute Gasteiger partial charge is 0.332 e. The molecule has 8 heteroatoms. The third-order valence-electron chi connectivity index (χ3n) is 4.28. The molecule has 0 saturated carbocycles. The average Bonchev–Trinajstić information content (AvgIpc) is 3.08. The fourth-order valence-corrected chi connectivity index (χ4v) is 3.18. The lowest BCUT2D eigenvalue weighted by Crippen LogP contribution is -2.40. The molecule has 134 valence electrons. The Labute approximate surface area is 145 Å². The first-order chi connectivity index (χ1) is 11.8. The average molecular weight is 344 g/mol. The number of hydrogen-bond donors (Lipinski definition) is 0. The van der Waals surface area contributed by atoms with Crippen LogP contribution in [0.2, 0.25) is 0 Å². The zero-order valence-electron chi connectivity index (χ0n) is 15.6. The van der Waals surface area contributed by atoms with Gasteiger partial charge in [0, 0.05) is 25.8 Å². The summed E-state index contributed by atoms with van der Waals surface area (Å²) in [6.07, 6.45) is 0. The fraction of sp³-hybridized carbons (Fsp3) is 0.529. The molecule has 0 atom stereocenters. The van der Waals surface area contributed by atoms with Gasteiger partial charge in [0.25, 0.3) is 5.56 Å². The molecule has 0 N–H and O–H groups in total. The summed E-state index contributed by atoms with van der Waals surface area (Å²) in [4.78, 5) is 30.2. The molecule has 0 amide bonds. The van der Waals surface area contributed by atoms with Gasteiger partial charge >= 0.3 is 5.69 Å². The Morgan fingerprint density at radius 3 is 2.36 bits per heavy atom. The molecule has 0 fully saturated rings. The van der Waals surface area contributed by atoms with E-state index in [-0.39, 0.29) is 17.2 Å². The Kier molecular flexibility index (Phi) is 4.14. The maximum Gasteiger partial charge on any atom is 0.332 e. The van der Waals surface area contributed by atoms with E-state index in [2.05, 4.69) is 10.1 Å². The van der Waals surface area contributed by atoms with Gasteiger partial charge in [-0.2, -0.15) is 10.1 Å². The Balaban J connectivity index is 2.43. The minimum absolute atomic E-state index is 0.191. The number of imidazole rings is 1. The molecule has 3 aromatic heterocycles. The molecule has 8 nitrogen and oxygen atoms in total. The minimum atomic E-state index is -0.341. The van der Waals surface area contributed by atoms with Gasteiger partial charge < -0.3 is 4.57 Å². The highest BCUT2D eigenvalue weighted by Crippen LogP contribution is 2.17. The summed E-state index contributed by atoms with van der Waals surface area (Å²) in [5, 5.41) is 4.47. The third-order valence-corrected chi connectivity index (χ3v) is 4.28. The van der Waals surface area contributed by atoms with E-state index >= 15 is 0 Å². The van der Waals surface area contributed by atoms with Crippen molar-refractivity contribution in [1.29, 1.82) is 0 Å². The minimum Gasteiger partial charge on any atom is -0.303 e. The maximum atomic E-state index is 13.0. The standard InChI is InChI=1S/C17H24N6O2/c1-7-21-13-14(18-16(21)23-12(5)8-11(4)19-23)20(6)17(25)22(15(13)24)9-10(2)3/h8,10H,7,9H2,1-6H3. The van der Waals surface area contributed by atoms with Gasteiger partial charge in [0.15, 0.2) is 11.2 Å². The normalized spacial score (nSPS) is 11.8. The lowest BCUT2D eigenvalue weighted by molar-refractivity contribution is 0.483. The number of rotatable bonds is 4. The lowest BCUT2D eigenvalue weighted by atomic mass is 10.2. The van der Waals surface area contributed by atoms with Crippen molar-refractivity contribution in [2.45, 2.75) is 47.7 Å². The molecular formula is C17H24N6O2. The van der Waals surface area contributed by atoms with Gasteiger partial charge in [-0.05, 0) is 32.8 Å². The van der Waals surface area contributed by atoms with Crippen LogP contribution in [0.1, 0.15) is 32.2 Å². The van der Waals surface area contributed by atoms with Gasteiger partial charge in [-0.3, -0.25) is 13.9 Å². The van der Waals surface area contributed by atoms with Crippen LogP contribution in [0.3, 0.4) is 0 Å². The topological polar surface area (TPSA) is 79.6 Å². The van der Waals surface area contributed by atoms with Crippen LogP contribution >= 0.6 is 0 Å². The highest BCUT2D eigenvalue weighted by atomic mass is 16.2. The molecule has 3 aromatic rings. The molecule has 0 aliphatic heterocycles. The van der Waals surface area contributed by atoms with Crippen LogP contribution in [0, 0.1) is 19.8 Å². The first kappa shape index (κ1) is 17.2. The van der Waals surface area contributed by atoms with Crippen LogP contribution in [-0.2, 0) is 20.1 Å². The van der Waals surface area contributed by atoms with Crippen LogP contribution < -0.4 is 11.2 Å².